The Labute approximate surface area is 200 Å². The Morgan fingerprint density at radius 3 is 1.74 bits per heavy atom. The van der Waals surface area contributed by atoms with E-state index in [1.165, 1.54) is 27.9 Å². The molecule has 0 aliphatic heterocycles. The van der Waals surface area contributed by atoms with Gasteiger partial charge in [0.1, 0.15) is 0 Å². The molecule has 2 unspecified atom stereocenters. The maximum Gasteiger partial charge on any atom is 0.373 e. The molecule has 178 valence electrons. The molecule has 0 saturated carbocycles. The van der Waals surface area contributed by atoms with Gasteiger partial charge in [-0.3, -0.25) is 0 Å². The first-order valence-electron chi connectivity index (χ1n) is 11.1. The van der Waals surface area contributed by atoms with Crippen LogP contribution in [0.4, 0.5) is 0 Å². The van der Waals surface area contributed by atoms with E-state index in [0.717, 1.165) is 16.8 Å². The zero-order valence-corrected chi connectivity index (χ0v) is 20.3. The first kappa shape index (κ1) is 26.5. The number of benzene rings is 2. The zero-order valence-electron chi connectivity index (χ0n) is 20.3. The van der Waals surface area contributed by atoms with E-state index in [2.05, 4.69) is 71.9 Å². The maximum absolute atomic E-state index is 9.24. The fourth-order valence-corrected chi connectivity index (χ4v) is 3.93. The summed E-state index contributed by atoms with van der Waals surface area (Å²) in [7, 11) is 0. The molecule has 0 fully saturated rings. The van der Waals surface area contributed by atoms with E-state index in [-0.39, 0.29) is 18.7 Å². The van der Waals surface area contributed by atoms with Crippen LogP contribution in [-0.2, 0) is 16.2 Å². The molecule has 0 saturated heterocycles. The Morgan fingerprint density at radius 2 is 1.29 bits per heavy atom. The van der Waals surface area contributed by atoms with E-state index in [4.69, 9.17) is 9.59 Å². The first-order valence-corrected chi connectivity index (χ1v) is 11.1. The quantitative estimate of drug-likeness (QED) is 0.390. The molecule has 0 aliphatic rings. The van der Waals surface area contributed by atoms with E-state index >= 15 is 0 Å². The number of aliphatic hydroxyl groups excluding tert-OH is 1. The fraction of sp³-hybridized carbons (Fsp3) is 0.296. The van der Waals surface area contributed by atoms with E-state index in [9.17, 15) is 5.11 Å². The third-order valence-corrected chi connectivity index (χ3v) is 6.21. The van der Waals surface area contributed by atoms with Crippen LogP contribution in [0.5, 0.6) is 0 Å². The van der Waals surface area contributed by atoms with E-state index in [1.54, 1.807) is 12.7 Å². The Morgan fingerprint density at radius 1 is 0.824 bits per heavy atom. The number of aromatic nitrogens is 4. The molecule has 2 heterocycles. The molecule has 4 aromatic rings. The van der Waals surface area contributed by atoms with Gasteiger partial charge >= 0.3 is 6.15 Å². The summed E-state index contributed by atoms with van der Waals surface area (Å²) in [5, 5.41) is 9.24. The molecule has 34 heavy (non-hydrogen) atoms. The lowest BCUT2D eigenvalue weighted by Crippen LogP contribution is -2.02. The lowest BCUT2D eigenvalue weighted by atomic mass is 9.91. The van der Waals surface area contributed by atoms with E-state index < -0.39 is 0 Å². The van der Waals surface area contributed by atoms with Gasteiger partial charge in [0, 0.05) is 35.6 Å². The summed E-state index contributed by atoms with van der Waals surface area (Å²) < 4.78 is 0. The Hall–Kier alpha value is -3.80. The van der Waals surface area contributed by atoms with Crippen LogP contribution in [0.2, 0.25) is 0 Å². The van der Waals surface area contributed by atoms with Gasteiger partial charge in [-0.25, -0.2) is 9.97 Å². The first-order chi connectivity index (χ1) is 16.3. The van der Waals surface area contributed by atoms with Gasteiger partial charge in [0.25, 0.3) is 0 Å². The number of hydrogen-bond donors (Lipinski definition) is 3. The minimum atomic E-state index is 0.0926. The second kappa shape index (κ2) is 13.0. The molecule has 2 aromatic heterocycles. The van der Waals surface area contributed by atoms with E-state index in [1.807, 2.05) is 31.5 Å². The van der Waals surface area contributed by atoms with Crippen LogP contribution in [0.15, 0.2) is 61.4 Å². The molecule has 4 rings (SSSR count). The summed E-state index contributed by atoms with van der Waals surface area (Å²) in [6.45, 7) is 10.8. The number of nitrogens with one attached hydrogen (secondary N) is 2. The van der Waals surface area contributed by atoms with Crippen LogP contribution in [-0.4, -0.2) is 31.2 Å². The smallest absolute Gasteiger partial charge is 0.373 e. The molecule has 7 nitrogen and oxygen atoms in total. The SMILES string of the molecule is Cc1c(CO)cccc1C(C)c1cnc[nH]1.Cc1cccc(C(C)c2cnc[nH]2)c1C.O=C=O. The van der Waals surface area contributed by atoms with Gasteiger partial charge in [0.05, 0.1) is 19.3 Å². The third kappa shape index (κ3) is 6.61. The van der Waals surface area contributed by atoms with Gasteiger partial charge in [-0.2, -0.15) is 9.59 Å². The Kier molecular flexibility index (Phi) is 10.1. The van der Waals surface area contributed by atoms with Crippen molar-refractivity contribution >= 4 is 6.15 Å². The molecule has 3 N–H and O–H groups in total. The highest BCUT2D eigenvalue weighted by atomic mass is 16.3. The van der Waals surface area contributed by atoms with Crippen molar-refractivity contribution in [3.63, 3.8) is 0 Å². The minimum Gasteiger partial charge on any atom is -0.392 e. The summed E-state index contributed by atoms with van der Waals surface area (Å²) in [6.07, 6.45) is 7.41. The number of aromatic amines is 2. The van der Waals surface area contributed by atoms with Crippen LogP contribution in [0, 0.1) is 20.8 Å². The summed E-state index contributed by atoms with van der Waals surface area (Å²) in [5.41, 5.74) is 9.74. The molecule has 0 amide bonds. The van der Waals surface area contributed by atoms with E-state index in [0.29, 0.717) is 5.92 Å². The monoisotopic (exact) mass is 460 g/mol. The van der Waals surface area contributed by atoms with Crippen LogP contribution in [0.1, 0.15) is 70.5 Å². The van der Waals surface area contributed by atoms with Crippen LogP contribution in [0.3, 0.4) is 0 Å². The molecule has 0 spiro atoms. The van der Waals surface area contributed by atoms with Crippen molar-refractivity contribution in [2.45, 2.75) is 53.1 Å². The van der Waals surface area contributed by atoms with Crippen molar-refractivity contribution in [1.82, 2.24) is 19.9 Å². The molecule has 0 bridgehead atoms. The summed E-state index contributed by atoms with van der Waals surface area (Å²) >= 11 is 0. The molecule has 7 heteroatoms. The van der Waals surface area contributed by atoms with Crippen molar-refractivity contribution in [2.75, 3.05) is 0 Å². The number of rotatable bonds is 5. The van der Waals surface area contributed by atoms with Crippen LogP contribution >= 0.6 is 0 Å². The Bertz CT molecular complexity index is 1180. The highest BCUT2D eigenvalue weighted by Crippen LogP contribution is 2.27. The third-order valence-electron chi connectivity index (χ3n) is 6.21. The van der Waals surface area contributed by atoms with Crippen LogP contribution in [0.25, 0.3) is 0 Å². The molecule has 0 aliphatic carbocycles. The minimum absolute atomic E-state index is 0.0926. The number of nitrogens with zero attached hydrogens (tertiary/aromatic N) is 2. The van der Waals surface area contributed by atoms with Gasteiger partial charge in [0.2, 0.25) is 0 Å². The van der Waals surface area contributed by atoms with Crippen molar-refractivity contribution in [3.05, 3.63) is 106 Å². The number of aliphatic hydroxyl groups is 1. The zero-order chi connectivity index (χ0) is 25.1. The number of aryl methyl sites for hydroxylation is 1. The molecular weight excluding hydrogens is 428 g/mol. The largest absolute Gasteiger partial charge is 0.392 e. The average Bonchev–Trinajstić information content (AvgIpc) is 3.56. The predicted molar refractivity (Wildman–Crippen MR) is 130 cm³/mol. The summed E-state index contributed by atoms with van der Waals surface area (Å²) in [4.78, 5) is 30.6. The van der Waals surface area contributed by atoms with Crippen molar-refractivity contribution < 1.29 is 14.7 Å². The van der Waals surface area contributed by atoms with Crippen molar-refractivity contribution in [1.29, 1.82) is 0 Å². The molecule has 0 radical (unpaired) electrons. The van der Waals surface area contributed by atoms with Crippen LogP contribution < -0.4 is 0 Å². The van der Waals surface area contributed by atoms with Gasteiger partial charge in [0.15, 0.2) is 0 Å². The number of H-pyrrole nitrogens is 2. The Balaban J connectivity index is 0.000000216. The lowest BCUT2D eigenvalue weighted by Gasteiger charge is -2.15. The number of hydrogen-bond acceptors (Lipinski definition) is 5. The predicted octanol–water partition coefficient (Wildman–Crippen LogP) is 4.96. The normalized spacial score (nSPS) is 11.8. The maximum atomic E-state index is 9.24. The van der Waals surface area contributed by atoms with Crippen molar-refractivity contribution in [2.24, 2.45) is 0 Å². The number of carbonyl (C=O) groups excluding carboxylic acids is 2. The lowest BCUT2D eigenvalue weighted by molar-refractivity contribution is -0.191. The fourth-order valence-electron chi connectivity index (χ4n) is 3.93. The number of imidazole rings is 2. The standard InChI is InChI=1S/C13H16N2O.C13H16N2.CO2/c1-9-11(7-16)4-3-5-12(9)10(2)13-6-14-8-15-13;1-9-5-4-6-12(10(9)2)11(3)13-7-14-8-15-13;2-1-3/h3-6,8,10,16H,7H2,1-2H3,(H,14,15);4-8,11H,1-3H3,(H,14,15);. The average molecular weight is 461 g/mol. The van der Waals surface area contributed by atoms with Gasteiger partial charge in [-0.15, -0.1) is 0 Å². The topological polar surface area (TPSA) is 112 Å². The van der Waals surface area contributed by atoms with Gasteiger partial charge in [-0.1, -0.05) is 50.2 Å². The second-order valence-electron chi connectivity index (χ2n) is 8.12. The highest BCUT2D eigenvalue weighted by molar-refractivity contribution is 5.39. The summed E-state index contributed by atoms with van der Waals surface area (Å²) in [6, 6.07) is 12.5. The van der Waals surface area contributed by atoms with Gasteiger partial charge in [-0.05, 0) is 54.2 Å². The van der Waals surface area contributed by atoms with Crippen molar-refractivity contribution in [3.8, 4) is 0 Å². The second-order valence-corrected chi connectivity index (χ2v) is 8.12. The van der Waals surface area contributed by atoms with Gasteiger partial charge < -0.3 is 15.1 Å². The highest BCUT2D eigenvalue weighted by Gasteiger charge is 2.14. The molecule has 2 aromatic carbocycles. The summed E-state index contributed by atoms with van der Waals surface area (Å²) in [5.74, 6) is 0.654. The molecule has 2 atom stereocenters. The molecular formula is C27H32N4O3.